The van der Waals surface area contributed by atoms with Gasteiger partial charge in [-0.15, -0.1) is 0 Å². The Bertz CT molecular complexity index is 1440. The largest absolute Gasteiger partial charge is 0.487 e. The van der Waals surface area contributed by atoms with Crippen molar-refractivity contribution >= 4 is 28.6 Å². The number of anilines is 1. The summed E-state index contributed by atoms with van der Waals surface area (Å²) in [6.07, 6.45) is 5.04. The monoisotopic (exact) mass is 483 g/mol. The Labute approximate surface area is 199 Å². The van der Waals surface area contributed by atoms with Crippen molar-refractivity contribution in [2.75, 3.05) is 18.0 Å². The Hall–Kier alpha value is -3.53. The van der Waals surface area contributed by atoms with Crippen LogP contribution in [0.1, 0.15) is 18.7 Å². The summed E-state index contributed by atoms with van der Waals surface area (Å²) in [7, 11) is 3.48. The number of benzene rings is 1. The van der Waals surface area contributed by atoms with E-state index in [4.69, 9.17) is 16.3 Å². The van der Waals surface area contributed by atoms with Crippen molar-refractivity contribution in [2.45, 2.75) is 25.9 Å². The number of hydrogen-bond donors (Lipinski definition) is 0. The van der Waals surface area contributed by atoms with Crippen LogP contribution in [0, 0.1) is 12.7 Å². The Kier molecular flexibility index (Phi) is 5.68. The van der Waals surface area contributed by atoms with Crippen molar-refractivity contribution in [3.05, 3.63) is 57.6 Å². The molecule has 3 aromatic heterocycles. The Morgan fingerprint density at radius 3 is 2.56 bits per heavy atom. The fraction of sp³-hybridized carbons (Fsp3) is 0.348. The summed E-state index contributed by atoms with van der Waals surface area (Å²) in [5.74, 6) is 1.03. The maximum Gasteiger partial charge on any atom is 0.279 e. The van der Waals surface area contributed by atoms with Crippen LogP contribution in [0.2, 0.25) is 5.02 Å². The first kappa shape index (κ1) is 22.3. The minimum Gasteiger partial charge on any atom is -0.487 e. The van der Waals surface area contributed by atoms with Crippen molar-refractivity contribution in [1.82, 2.24) is 29.3 Å². The van der Waals surface area contributed by atoms with Gasteiger partial charge < -0.3 is 9.64 Å². The Balaban J connectivity index is 1.52. The summed E-state index contributed by atoms with van der Waals surface area (Å²) in [5, 5.41) is 4.40. The van der Waals surface area contributed by atoms with Crippen LogP contribution in [0.4, 0.5) is 10.3 Å². The second kappa shape index (κ2) is 8.68. The molecule has 1 aromatic carbocycles. The van der Waals surface area contributed by atoms with E-state index in [0.29, 0.717) is 24.9 Å². The maximum atomic E-state index is 14.9. The van der Waals surface area contributed by atoms with Gasteiger partial charge in [0.2, 0.25) is 5.95 Å². The van der Waals surface area contributed by atoms with Gasteiger partial charge in [0.15, 0.2) is 11.3 Å². The van der Waals surface area contributed by atoms with Gasteiger partial charge in [0.05, 0.1) is 12.4 Å². The van der Waals surface area contributed by atoms with E-state index in [1.807, 2.05) is 18.1 Å². The zero-order valence-electron chi connectivity index (χ0n) is 19.0. The first-order valence-corrected chi connectivity index (χ1v) is 11.3. The van der Waals surface area contributed by atoms with E-state index in [2.05, 4.69) is 20.1 Å². The summed E-state index contributed by atoms with van der Waals surface area (Å²) < 4.78 is 24.0. The molecule has 9 nitrogen and oxygen atoms in total. The van der Waals surface area contributed by atoms with Crippen LogP contribution in [0.5, 0.6) is 5.75 Å². The molecule has 1 aliphatic rings. The maximum absolute atomic E-state index is 14.9. The van der Waals surface area contributed by atoms with E-state index in [-0.39, 0.29) is 39.0 Å². The lowest BCUT2D eigenvalue weighted by Crippen LogP contribution is -2.39. The number of aryl methyl sites for hydroxylation is 2. The van der Waals surface area contributed by atoms with Crippen LogP contribution in [-0.2, 0) is 14.1 Å². The number of hydrogen-bond acceptors (Lipinski definition) is 7. The number of fused-ring (bicyclic) bond motifs is 1. The second-order valence-electron chi connectivity index (χ2n) is 8.37. The molecule has 4 aromatic rings. The van der Waals surface area contributed by atoms with Crippen molar-refractivity contribution in [3.63, 3.8) is 0 Å². The van der Waals surface area contributed by atoms with Gasteiger partial charge in [-0.2, -0.15) is 5.10 Å². The minimum absolute atomic E-state index is 0.0336. The summed E-state index contributed by atoms with van der Waals surface area (Å²) in [5.41, 5.74) is 0.588. The van der Waals surface area contributed by atoms with Gasteiger partial charge in [-0.1, -0.05) is 11.6 Å². The smallest absolute Gasteiger partial charge is 0.279 e. The van der Waals surface area contributed by atoms with Crippen LogP contribution in [0.25, 0.3) is 22.3 Å². The van der Waals surface area contributed by atoms with Gasteiger partial charge in [0, 0.05) is 50.6 Å². The standard InChI is InChI=1S/C23H23ClFN7O2/c1-13-27-20-19(17-5-4-14(24)10-18(17)25)28-23(29-21(20)22(33)31(13)3)32-8-6-15(7-9-32)34-16-11-26-30(2)12-16/h4-5,10-12,15H,6-9H2,1-3H3. The lowest BCUT2D eigenvalue weighted by molar-refractivity contribution is 0.170. The molecule has 5 rings (SSSR count). The molecule has 0 atom stereocenters. The normalized spacial score (nSPS) is 14.7. The molecule has 11 heteroatoms. The van der Waals surface area contributed by atoms with Gasteiger partial charge in [0.1, 0.15) is 29.0 Å². The molecule has 1 aliphatic heterocycles. The number of piperidine rings is 1. The molecular formula is C23H23ClFN7O2. The van der Waals surface area contributed by atoms with E-state index in [1.165, 1.54) is 10.6 Å². The summed E-state index contributed by atoms with van der Waals surface area (Å²) in [4.78, 5) is 28.8. The highest BCUT2D eigenvalue weighted by atomic mass is 35.5. The molecule has 0 bridgehead atoms. The van der Waals surface area contributed by atoms with Gasteiger partial charge in [-0.25, -0.2) is 19.3 Å². The highest BCUT2D eigenvalue weighted by molar-refractivity contribution is 6.30. The third-order valence-corrected chi connectivity index (χ3v) is 6.27. The first-order valence-electron chi connectivity index (χ1n) is 10.9. The zero-order valence-corrected chi connectivity index (χ0v) is 19.8. The Morgan fingerprint density at radius 1 is 1.12 bits per heavy atom. The first-order chi connectivity index (χ1) is 16.3. The van der Waals surface area contributed by atoms with Crippen LogP contribution in [0.3, 0.4) is 0 Å². The fourth-order valence-electron chi connectivity index (χ4n) is 4.08. The van der Waals surface area contributed by atoms with Crippen molar-refractivity contribution in [1.29, 1.82) is 0 Å². The van der Waals surface area contributed by atoms with Crippen LogP contribution in [-0.4, -0.2) is 48.5 Å². The van der Waals surface area contributed by atoms with Crippen LogP contribution < -0.4 is 15.2 Å². The molecule has 176 valence electrons. The SMILES string of the molecule is Cc1nc2c(-c3ccc(Cl)cc3F)nc(N3CCC(Oc4cnn(C)c4)CC3)nc2c(=O)n1C. The van der Waals surface area contributed by atoms with Crippen molar-refractivity contribution < 1.29 is 9.13 Å². The van der Waals surface area contributed by atoms with Gasteiger partial charge in [-0.05, 0) is 25.1 Å². The topological polar surface area (TPSA) is 91.0 Å². The van der Waals surface area contributed by atoms with E-state index >= 15 is 0 Å². The molecule has 1 fully saturated rings. The van der Waals surface area contributed by atoms with Gasteiger partial charge in [-0.3, -0.25) is 14.0 Å². The summed E-state index contributed by atoms with van der Waals surface area (Å²) in [6, 6.07) is 4.36. The fourth-order valence-corrected chi connectivity index (χ4v) is 4.24. The third kappa shape index (κ3) is 4.09. The molecule has 1 saturated heterocycles. The number of nitrogens with zero attached hydrogens (tertiary/aromatic N) is 7. The molecule has 0 radical (unpaired) electrons. The molecule has 0 N–H and O–H groups in total. The number of aromatic nitrogens is 6. The molecule has 0 saturated carbocycles. The molecule has 0 spiro atoms. The number of ether oxygens (including phenoxy) is 1. The highest BCUT2D eigenvalue weighted by Crippen LogP contribution is 2.30. The summed E-state index contributed by atoms with van der Waals surface area (Å²) >= 11 is 5.95. The third-order valence-electron chi connectivity index (χ3n) is 6.03. The molecule has 0 unspecified atom stereocenters. The van der Waals surface area contributed by atoms with E-state index in [0.717, 1.165) is 18.6 Å². The van der Waals surface area contributed by atoms with Gasteiger partial charge in [0.25, 0.3) is 5.56 Å². The summed E-state index contributed by atoms with van der Waals surface area (Å²) in [6.45, 7) is 2.96. The molecular weight excluding hydrogens is 461 g/mol. The molecule has 34 heavy (non-hydrogen) atoms. The molecule has 4 heterocycles. The predicted molar refractivity (Wildman–Crippen MR) is 127 cm³/mol. The number of halogens is 2. The molecule has 0 aliphatic carbocycles. The Morgan fingerprint density at radius 2 is 1.88 bits per heavy atom. The zero-order chi connectivity index (χ0) is 24.0. The van der Waals surface area contributed by atoms with Gasteiger partial charge >= 0.3 is 0 Å². The van der Waals surface area contributed by atoms with Crippen molar-refractivity contribution in [2.24, 2.45) is 14.1 Å². The van der Waals surface area contributed by atoms with E-state index < -0.39 is 5.82 Å². The minimum atomic E-state index is -0.540. The number of rotatable bonds is 4. The highest BCUT2D eigenvalue weighted by Gasteiger charge is 2.26. The lowest BCUT2D eigenvalue weighted by Gasteiger charge is -2.32. The average molecular weight is 484 g/mol. The quantitative estimate of drug-likeness (QED) is 0.440. The average Bonchev–Trinajstić information content (AvgIpc) is 3.22. The lowest BCUT2D eigenvalue weighted by atomic mass is 10.1. The predicted octanol–water partition coefficient (Wildman–Crippen LogP) is 3.27. The van der Waals surface area contributed by atoms with E-state index in [1.54, 1.807) is 37.0 Å². The van der Waals surface area contributed by atoms with Crippen LogP contribution in [0.15, 0.2) is 35.4 Å². The van der Waals surface area contributed by atoms with E-state index in [9.17, 15) is 9.18 Å². The van der Waals surface area contributed by atoms with Crippen LogP contribution >= 0.6 is 11.6 Å². The second-order valence-corrected chi connectivity index (χ2v) is 8.81. The molecule has 0 amide bonds. The van der Waals surface area contributed by atoms with Crippen molar-refractivity contribution in [3.8, 4) is 17.0 Å².